The van der Waals surface area contributed by atoms with Gasteiger partial charge in [-0.3, -0.25) is 0 Å². The number of anilines is 1. The summed E-state index contributed by atoms with van der Waals surface area (Å²) in [5.41, 5.74) is 8.00. The highest BCUT2D eigenvalue weighted by molar-refractivity contribution is 9.10. The number of pyridine rings is 1. The van der Waals surface area contributed by atoms with Gasteiger partial charge in [0.25, 0.3) is 0 Å². The number of nitrogens with two attached hydrogens (primary N) is 1. The molecule has 1 aromatic carbocycles. The van der Waals surface area contributed by atoms with Crippen LogP contribution in [0.1, 0.15) is 22.8 Å². The molecule has 2 aromatic rings. The Bertz CT molecular complexity index is 569. The van der Waals surface area contributed by atoms with E-state index in [0.29, 0.717) is 22.0 Å². The lowest BCUT2D eigenvalue weighted by atomic mass is 9.98. The van der Waals surface area contributed by atoms with Crippen LogP contribution in [0.4, 0.5) is 5.82 Å². The number of aliphatic hydroxyl groups excluding tert-OH is 1. The predicted molar refractivity (Wildman–Crippen MR) is 76.6 cm³/mol. The molecule has 1 heterocycles. The van der Waals surface area contributed by atoms with Crippen LogP contribution in [0.2, 0.25) is 5.02 Å². The van der Waals surface area contributed by atoms with Crippen molar-refractivity contribution in [1.82, 2.24) is 4.98 Å². The summed E-state index contributed by atoms with van der Waals surface area (Å²) in [6.07, 6.45) is 0.764. The Hall–Kier alpha value is -1.10. The molecule has 3 N–H and O–H groups in total. The van der Waals surface area contributed by atoms with Gasteiger partial charge in [0.1, 0.15) is 11.9 Å². The van der Waals surface area contributed by atoms with Crippen LogP contribution in [-0.2, 0) is 0 Å². The fourth-order valence-electron chi connectivity index (χ4n) is 1.83. The quantitative estimate of drug-likeness (QED) is 0.888. The van der Waals surface area contributed by atoms with Crippen LogP contribution in [-0.4, -0.2) is 10.1 Å². The maximum absolute atomic E-state index is 10.5. The molecule has 3 nitrogen and oxygen atoms in total. The summed E-state index contributed by atoms with van der Waals surface area (Å²) in [6, 6.07) is 7.07. The molecule has 0 aliphatic rings. The van der Waals surface area contributed by atoms with Crippen LogP contribution in [0, 0.1) is 6.92 Å². The second kappa shape index (κ2) is 5.26. The molecule has 0 aliphatic carbocycles. The zero-order chi connectivity index (χ0) is 13.3. The van der Waals surface area contributed by atoms with E-state index in [2.05, 4.69) is 20.9 Å². The Balaban J connectivity index is 2.54. The molecule has 0 fully saturated rings. The molecule has 1 aromatic heterocycles. The summed E-state index contributed by atoms with van der Waals surface area (Å²) in [5, 5.41) is 11.0. The molecule has 0 aliphatic heterocycles. The van der Waals surface area contributed by atoms with Gasteiger partial charge < -0.3 is 10.8 Å². The number of nitrogen functional groups attached to an aromatic ring is 1. The zero-order valence-corrected chi connectivity index (χ0v) is 12.0. The van der Waals surface area contributed by atoms with E-state index in [1.165, 1.54) is 0 Å². The number of nitrogens with zero attached hydrogens (tertiary/aromatic N) is 1. The van der Waals surface area contributed by atoms with Crippen molar-refractivity contribution in [2.75, 3.05) is 5.73 Å². The zero-order valence-electron chi connectivity index (χ0n) is 9.69. The highest BCUT2D eigenvalue weighted by Crippen LogP contribution is 2.34. The van der Waals surface area contributed by atoms with E-state index in [9.17, 15) is 5.11 Å². The van der Waals surface area contributed by atoms with Gasteiger partial charge >= 0.3 is 0 Å². The maximum Gasteiger partial charge on any atom is 0.129 e. The van der Waals surface area contributed by atoms with E-state index in [4.69, 9.17) is 17.3 Å². The van der Waals surface area contributed by atoms with Crippen LogP contribution in [0.25, 0.3) is 0 Å². The average molecular weight is 328 g/mol. The summed E-state index contributed by atoms with van der Waals surface area (Å²) in [5.74, 6) is 0.328. The number of benzene rings is 1. The molecule has 0 saturated heterocycles. The van der Waals surface area contributed by atoms with Crippen molar-refractivity contribution >= 4 is 33.3 Å². The van der Waals surface area contributed by atoms with Crippen LogP contribution in [0.3, 0.4) is 0 Å². The lowest BCUT2D eigenvalue weighted by molar-refractivity contribution is 0.219. The highest BCUT2D eigenvalue weighted by Gasteiger charge is 2.19. The number of aromatic nitrogens is 1. The number of aliphatic hydroxyl groups is 1. The van der Waals surface area contributed by atoms with E-state index >= 15 is 0 Å². The smallest absolute Gasteiger partial charge is 0.129 e. The van der Waals surface area contributed by atoms with Crippen molar-refractivity contribution in [2.24, 2.45) is 0 Å². The molecule has 18 heavy (non-hydrogen) atoms. The standard InChI is InChI=1S/C13H12BrClN2O/c1-7-4-5-17-13(16)11(7)12(18)9-6-8(15)2-3-10(9)14/h2-6,12,18H,1H3,(H2,16,17). The largest absolute Gasteiger partial charge is 0.383 e. The Morgan fingerprint density at radius 1 is 1.39 bits per heavy atom. The van der Waals surface area contributed by atoms with Crippen LogP contribution >= 0.6 is 27.5 Å². The van der Waals surface area contributed by atoms with Gasteiger partial charge in [-0.1, -0.05) is 27.5 Å². The second-order valence-electron chi connectivity index (χ2n) is 4.00. The van der Waals surface area contributed by atoms with Crippen LogP contribution in [0.15, 0.2) is 34.9 Å². The Kier molecular flexibility index (Phi) is 3.90. The molecule has 2 rings (SSSR count). The highest BCUT2D eigenvalue weighted by atomic mass is 79.9. The minimum Gasteiger partial charge on any atom is -0.383 e. The van der Waals surface area contributed by atoms with E-state index in [1.54, 1.807) is 24.4 Å². The molecule has 5 heteroatoms. The van der Waals surface area contributed by atoms with Gasteiger partial charge in [0.2, 0.25) is 0 Å². The first-order valence-corrected chi connectivity index (χ1v) is 6.51. The molecule has 0 spiro atoms. The summed E-state index contributed by atoms with van der Waals surface area (Å²) in [6.45, 7) is 1.88. The lowest BCUT2D eigenvalue weighted by Gasteiger charge is -2.17. The van der Waals surface area contributed by atoms with Crippen LogP contribution < -0.4 is 5.73 Å². The number of rotatable bonds is 2. The minimum atomic E-state index is -0.855. The first-order valence-electron chi connectivity index (χ1n) is 5.34. The topological polar surface area (TPSA) is 59.1 Å². The Morgan fingerprint density at radius 2 is 2.11 bits per heavy atom. The lowest BCUT2D eigenvalue weighted by Crippen LogP contribution is -2.08. The molecule has 0 amide bonds. The molecule has 0 radical (unpaired) electrons. The summed E-state index contributed by atoms with van der Waals surface area (Å²) >= 11 is 9.35. The van der Waals surface area contributed by atoms with E-state index in [1.807, 2.05) is 13.0 Å². The van der Waals surface area contributed by atoms with Crippen LogP contribution in [0.5, 0.6) is 0 Å². The van der Waals surface area contributed by atoms with E-state index in [-0.39, 0.29) is 0 Å². The summed E-state index contributed by atoms with van der Waals surface area (Å²) in [4.78, 5) is 4.01. The van der Waals surface area contributed by atoms with Gasteiger partial charge in [-0.25, -0.2) is 4.98 Å². The second-order valence-corrected chi connectivity index (χ2v) is 5.29. The van der Waals surface area contributed by atoms with Gasteiger partial charge in [0.05, 0.1) is 0 Å². The van der Waals surface area contributed by atoms with Gasteiger partial charge in [0.15, 0.2) is 0 Å². The number of halogens is 2. The normalized spacial score (nSPS) is 12.4. The summed E-state index contributed by atoms with van der Waals surface area (Å²) < 4.78 is 0.780. The monoisotopic (exact) mass is 326 g/mol. The number of hydrogen-bond donors (Lipinski definition) is 2. The third kappa shape index (κ3) is 2.51. The SMILES string of the molecule is Cc1ccnc(N)c1C(O)c1cc(Cl)ccc1Br. The Labute approximate surface area is 119 Å². The van der Waals surface area contributed by atoms with Gasteiger partial charge in [-0.05, 0) is 36.8 Å². The molecule has 1 atom stereocenters. The molecule has 0 bridgehead atoms. The fraction of sp³-hybridized carbons (Fsp3) is 0.154. The summed E-state index contributed by atoms with van der Waals surface area (Å²) in [7, 11) is 0. The molecular formula is C13H12BrClN2O. The van der Waals surface area contributed by atoms with Crippen molar-refractivity contribution in [1.29, 1.82) is 0 Å². The maximum atomic E-state index is 10.5. The molecule has 1 unspecified atom stereocenters. The fourth-order valence-corrected chi connectivity index (χ4v) is 2.47. The van der Waals surface area contributed by atoms with Crippen molar-refractivity contribution in [2.45, 2.75) is 13.0 Å². The molecule has 94 valence electrons. The first-order chi connectivity index (χ1) is 8.50. The van der Waals surface area contributed by atoms with Gasteiger partial charge in [-0.15, -0.1) is 0 Å². The first kappa shape index (κ1) is 13.3. The van der Waals surface area contributed by atoms with Gasteiger partial charge in [-0.2, -0.15) is 0 Å². The van der Waals surface area contributed by atoms with E-state index in [0.717, 1.165) is 10.0 Å². The average Bonchev–Trinajstić information content (AvgIpc) is 2.32. The minimum absolute atomic E-state index is 0.328. The third-order valence-electron chi connectivity index (χ3n) is 2.77. The Morgan fingerprint density at radius 3 is 2.78 bits per heavy atom. The van der Waals surface area contributed by atoms with Gasteiger partial charge in [0, 0.05) is 26.8 Å². The van der Waals surface area contributed by atoms with Crippen molar-refractivity contribution in [3.63, 3.8) is 0 Å². The molecular weight excluding hydrogens is 316 g/mol. The van der Waals surface area contributed by atoms with Crippen molar-refractivity contribution < 1.29 is 5.11 Å². The molecule has 0 saturated carbocycles. The predicted octanol–water partition coefficient (Wildman–Crippen LogP) is 3.47. The van der Waals surface area contributed by atoms with Crippen molar-refractivity contribution in [3.05, 3.63) is 56.6 Å². The van der Waals surface area contributed by atoms with Crippen molar-refractivity contribution in [3.8, 4) is 0 Å². The van der Waals surface area contributed by atoms with E-state index < -0.39 is 6.10 Å². The number of hydrogen-bond acceptors (Lipinski definition) is 3. The number of aryl methyl sites for hydroxylation is 1. The third-order valence-corrected chi connectivity index (χ3v) is 3.72.